The van der Waals surface area contributed by atoms with Gasteiger partial charge in [-0.25, -0.2) is 0 Å². The fourth-order valence-electron chi connectivity index (χ4n) is 2.97. The number of nitrogens with zero attached hydrogens (tertiary/aromatic N) is 2. The lowest BCUT2D eigenvalue weighted by molar-refractivity contribution is -0.139. The van der Waals surface area contributed by atoms with Crippen molar-refractivity contribution < 1.29 is 9.59 Å². The predicted octanol–water partition coefficient (Wildman–Crippen LogP) is 3.54. The highest BCUT2D eigenvalue weighted by atomic mass is 16.2. The quantitative estimate of drug-likeness (QED) is 0.729. The Balaban J connectivity index is 2.23. The first-order valence-electron chi connectivity index (χ1n) is 9.10. The smallest absolute Gasteiger partial charge is 0.241 e. The van der Waals surface area contributed by atoms with E-state index in [-0.39, 0.29) is 24.3 Å². The summed E-state index contributed by atoms with van der Waals surface area (Å²) in [6.45, 7) is 2.75. The molecule has 2 aromatic carbocycles. The summed E-state index contributed by atoms with van der Waals surface area (Å²) in [5, 5.41) is 0. The normalized spacial score (nSPS) is 10.6. The molecule has 0 aliphatic rings. The molecule has 0 aliphatic heterocycles. The van der Waals surface area contributed by atoms with Gasteiger partial charge in [0.25, 0.3) is 0 Å². The molecule has 2 amide bonds. The lowest BCUT2D eigenvalue weighted by Crippen LogP contribution is -2.41. The highest BCUT2D eigenvalue weighted by Crippen LogP contribution is 2.28. The molecule has 2 rings (SSSR count). The van der Waals surface area contributed by atoms with E-state index in [0.29, 0.717) is 13.0 Å². The van der Waals surface area contributed by atoms with Crippen LogP contribution in [-0.4, -0.2) is 48.8 Å². The second-order valence-electron chi connectivity index (χ2n) is 6.68. The van der Waals surface area contributed by atoms with Crippen molar-refractivity contribution >= 4 is 11.8 Å². The van der Waals surface area contributed by atoms with Crippen LogP contribution in [0.5, 0.6) is 0 Å². The van der Waals surface area contributed by atoms with Crippen LogP contribution in [0.1, 0.15) is 36.8 Å². The van der Waals surface area contributed by atoms with Gasteiger partial charge in [-0.15, -0.1) is 0 Å². The van der Waals surface area contributed by atoms with Gasteiger partial charge in [-0.3, -0.25) is 9.59 Å². The molecule has 26 heavy (non-hydrogen) atoms. The van der Waals surface area contributed by atoms with E-state index in [1.165, 1.54) is 4.90 Å². The molecular weight excluding hydrogens is 324 g/mol. The second kappa shape index (κ2) is 9.76. The van der Waals surface area contributed by atoms with E-state index in [1.54, 1.807) is 19.0 Å². The number of hydrogen-bond acceptors (Lipinski definition) is 2. The van der Waals surface area contributed by atoms with Crippen molar-refractivity contribution in [3.63, 3.8) is 0 Å². The third kappa shape index (κ3) is 5.45. The molecule has 2 aromatic rings. The van der Waals surface area contributed by atoms with Gasteiger partial charge in [0, 0.05) is 33.0 Å². The molecule has 138 valence electrons. The third-order valence-corrected chi connectivity index (χ3v) is 4.45. The van der Waals surface area contributed by atoms with Crippen LogP contribution >= 0.6 is 0 Å². The summed E-state index contributed by atoms with van der Waals surface area (Å²) in [6.07, 6.45) is 1.18. The minimum atomic E-state index is -0.0530. The highest BCUT2D eigenvalue weighted by Gasteiger charge is 2.23. The maximum absolute atomic E-state index is 13.0. The van der Waals surface area contributed by atoms with E-state index in [2.05, 4.69) is 24.3 Å². The van der Waals surface area contributed by atoms with Crippen molar-refractivity contribution in [2.24, 2.45) is 0 Å². The van der Waals surface area contributed by atoms with Crippen molar-refractivity contribution in [3.05, 3.63) is 71.8 Å². The maximum Gasteiger partial charge on any atom is 0.241 e. The average molecular weight is 352 g/mol. The Hall–Kier alpha value is -2.62. The Kier molecular flexibility index (Phi) is 7.39. The molecule has 0 bridgehead atoms. The van der Waals surface area contributed by atoms with Gasteiger partial charge < -0.3 is 9.80 Å². The van der Waals surface area contributed by atoms with Crippen molar-refractivity contribution in [1.29, 1.82) is 0 Å². The molecule has 0 aliphatic carbocycles. The standard InChI is InChI=1S/C22H28N2O2/c1-4-15-24(17-22(26)23(2)3)21(25)16-20(18-11-7-5-8-12-18)19-13-9-6-10-14-19/h5-14,20H,4,15-17H2,1-3H3. The first-order chi connectivity index (χ1) is 12.5. The van der Waals surface area contributed by atoms with E-state index in [0.717, 1.165) is 17.5 Å². The molecule has 0 unspecified atom stereocenters. The Morgan fingerprint density at radius 1 is 0.846 bits per heavy atom. The molecule has 0 fully saturated rings. The summed E-state index contributed by atoms with van der Waals surface area (Å²) >= 11 is 0. The van der Waals surface area contributed by atoms with Gasteiger partial charge in [-0.1, -0.05) is 67.6 Å². The number of hydrogen-bond donors (Lipinski definition) is 0. The van der Waals surface area contributed by atoms with Gasteiger partial charge in [-0.2, -0.15) is 0 Å². The first kappa shape index (κ1) is 19.7. The molecule has 4 nitrogen and oxygen atoms in total. The SMILES string of the molecule is CCCN(CC(=O)N(C)C)C(=O)CC(c1ccccc1)c1ccccc1. The van der Waals surface area contributed by atoms with E-state index in [9.17, 15) is 9.59 Å². The van der Waals surface area contributed by atoms with Gasteiger partial charge in [0.05, 0.1) is 6.54 Å². The number of carbonyl (C=O) groups is 2. The summed E-state index contributed by atoms with van der Waals surface area (Å²) in [7, 11) is 3.43. The Morgan fingerprint density at radius 2 is 1.35 bits per heavy atom. The lowest BCUT2D eigenvalue weighted by atomic mass is 9.88. The van der Waals surface area contributed by atoms with Gasteiger partial charge in [0.15, 0.2) is 0 Å². The first-order valence-corrected chi connectivity index (χ1v) is 9.10. The van der Waals surface area contributed by atoms with Crippen LogP contribution in [0.25, 0.3) is 0 Å². The summed E-state index contributed by atoms with van der Waals surface area (Å²) in [5.41, 5.74) is 2.23. The Morgan fingerprint density at radius 3 is 1.77 bits per heavy atom. The molecule has 0 saturated heterocycles. The fraction of sp³-hybridized carbons (Fsp3) is 0.364. The number of carbonyl (C=O) groups excluding carboxylic acids is 2. The van der Waals surface area contributed by atoms with E-state index in [1.807, 2.05) is 43.3 Å². The van der Waals surface area contributed by atoms with E-state index in [4.69, 9.17) is 0 Å². The van der Waals surface area contributed by atoms with Gasteiger partial charge in [0.2, 0.25) is 11.8 Å². The number of rotatable bonds is 8. The van der Waals surface area contributed by atoms with Crippen LogP contribution in [0, 0.1) is 0 Å². The molecule has 4 heteroatoms. The molecule has 0 N–H and O–H groups in total. The van der Waals surface area contributed by atoms with Crippen LogP contribution in [-0.2, 0) is 9.59 Å². The minimum absolute atomic E-state index is 0.0137. The molecular formula is C22H28N2O2. The molecule has 0 radical (unpaired) electrons. The summed E-state index contributed by atoms with van der Waals surface area (Å²) in [6, 6.07) is 20.2. The highest BCUT2D eigenvalue weighted by molar-refractivity contribution is 5.85. The van der Waals surface area contributed by atoms with Crippen molar-refractivity contribution in [3.8, 4) is 0 Å². The zero-order valence-corrected chi connectivity index (χ0v) is 15.9. The summed E-state index contributed by atoms with van der Waals surface area (Å²) in [5.74, 6) is -0.0544. The van der Waals surface area contributed by atoms with E-state index >= 15 is 0 Å². The van der Waals surface area contributed by atoms with Gasteiger partial charge in [-0.05, 0) is 17.5 Å². The van der Waals surface area contributed by atoms with Gasteiger partial charge >= 0.3 is 0 Å². The number of benzene rings is 2. The molecule has 0 saturated carbocycles. The van der Waals surface area contributed by atoms with Crippen molar-refractivity contribution in [1.82, 2.24) is 9.80 Å². The Labute approximate surface area is 156 Å². The van der Waals surface area contributed by atoms with Crippen molar-refractivity contribution in [2.45, 2.75) is 25.7 Å². The topological polar surface area (TPSA) is 40.6 Å². The monoisotopic (exact) mass is 352 g/mol. The van der Waals surface area contributed by atoms with Crippen LogP contribution < -0.4 is 0 Å². The average Bonchev–Trinajstić information content (AvgIpc) is 2.66. The van der Waals surface area contributed by atoms with Crippen LogP contribution in [0.3, 0.4) is 0 Å². The summed E-state index contributed by atoms with van der Waals surface area (Å²) < 4.78 is 0. The van der Waals surface area contributed by atoms with Crippen LogP contribution in [0.4, 0.5) is 0 Å². The van der Waals surface area contributed by atoms with Crippen molar-refractivity contribution in [2.75, 3.05) is 27.2 Å². The predicted molar refractivity (Wildman–Crippen MR) is 105 cm³/mol. The van der Waals surface area contributed by atoms with E-state index < -0.39 is 0 Å². The molecule has 0 aromatic heterocycles. The molecule has 0 spiro atoms. The number of amides is 2. The van der Waals surface area contributed by atoms with Gasteiger partial charge in [0.1, 0.15) is 0 Å². The molecule has 0 atom stereocenters. The Bertz CT molecular complexity index is 659. The lowest BCUT2D eigenvalue weighted by Gasteiger charge is -2.26. The minimum Gasteiger partial charge on any atom is -0.347 e. The second-order valence-corrected chi connectivity index (χ2v) is 6.68. The third-order valence-electron chi connectivity index (χ3n) is 4.45. The number of likely N-dealkylation sites (N-methyl/N-ethyl adjacent to an activating group) is 1. The molecule has 0 heterocycles. The zero-order valence-electron chi connectivity index (χ0n) is 15.9. The van der Waals surface area contributed by atoms with Crippen LogP contribution in [0.15, 0.2) is 60.7 Å². The summed E-state index contributed by atoms with van der Waals surface area (Å²) in [4.78, 5) is 28.3. The maximum atomic E-state index is 13.0. The van der Waals surface area contributed by atoms with Crippen LogP contribution in [0.2, 0.25) is 0 Å². The largest absolute Gasteiger partial charge is 0.347 e. The fourth-order valence-corrected chi connectivity index (χ4v) is 2.97. The zero-order chi connectivity index (χ0) is 18.9.